The largest absolute Gasteiger partial charge is 0.490 e. The van der Waals surface area contributed by atoms with Gasteiger partial charge in [-0.2, -0.15) is 0 Å². The van der Waals surface area contributed by atoms with Crippen molar-refractivity contribution in [3.63, 3.8) is 0 Å². The van der Waals surface area contributed by atoms with Gasteiger partial charge >= 0.3 is 7.12 Å². The van der Waals surface area contributed by atoms with Gasteiger partial charge in [0.25, 0.3) is 0 Å². The van der Waals surface area contributed by atoms with Crippen LogP contribution in [-0.4, -0.2) is 29.5 Å². The van der Waals surface area contributed by atoms with Crippen molar-refractivity contribution in [3.05, 3.63) is 11.5 Å². The Morgan fingerprint density at radius 1 is 1.17 bits per heavy atom. The van der Waals surface area contributed by atoms with Gasteiger partial charge in [0.05, 0.1) is 17.3 Å². The van der Waals surface area contributed by atoms with Crippen LogP contribution in [0.15, 0.2) is 11.5 Å². The normalized spacial score (nSPS) is 41.1. The van der Waals surface area contributed by atoms with Gasteiger partial charge in [0.2, 0.25) is 0 Å². The summed E-state index contributed by atoms with van der Waals surface area (Å²) in [6.45, 7) is 8.36. The number of aliphatic hydroxyl groups is 1. The molecule has 1 saturated heterocycles. The summed E-state index contributed by atoms with van der Waals surface area (Å²) in [6, 6.07) is 0. The molecule has 100 valence electrons. The van der Waals surface area contributed by atoms with Gasteiger partial charge in [-0.1, -0.05) is 6.08 Å². The Morgan fingerprint density at radius 3 is 2.33 bits per heavy atom. The molecule has 1 N–H and O–H groups in total. The predicted molar refractivity (Wildman–Crippen MR) is 71.0 cm³/mol. The molecule has 0 bridgehead atoms. The molecule has 2 fully saturated rings. The van der Waals surface area contributed by atoms with Crippen molar-refractivity contribution >= 4 is 7.12 Å². The molecule has 0 aromatic carbocycles. The molecule has 3 nitrogen and oxygen atoms in total. The lowest BCUT2D eigenvalue weighted by Crippen LogP contribution is -2.41. The SMILES string of the molecule is CC1(C)OB(C2=CC3CC(O)CC3C2)OC1(C)C. The Bertz CT molecular complexity index is 373. The number of rotatable bonds is 1. The minimum absolute atomic E-state index is 0.101. The van der Waals surface area contributed by atoms with Crippen LogP contribution in [0.1, 0.15) is 47.0 Å². The molecule has 3 atom stereocenters. The maximum absolute atomic E-state index is 9.66. The fourth-order valence-electron chi connectivity index (χ4n) is 3.38. The topological polar surface area (TPSA) is 38.7 Å². The van der Waals surface area contributed by atoms with E-state index in [2.05, 4.69) is 33.8 Å². The Morgan fingerprint density at radius 2 is 1.78 bits per heavy atom. The van der Waals surface area contributed by atoms with Crippen LogP contribution < -0.4 is 0 Å². The molecule has 3 rings (SSSR count). The highest BCUT2D eigenvalue weighted by Gasteiger charge is 2.54. The van der Waals surface area contributed by atoms with Crippen molar-refractivity contribution in [1.82, 2.24) is 0 Å². The first-order valence-corrected chi connectivity index (χ1v) is 7.03. The fourth-order valence-corrected chi connectivity index (χ4v) is 3.38. The molecule has 2 aliphatic carbocycles. The quantitative estimate of drug-likeness (QED) is 0.726. The van der Waals surface area contributed by atoms with E-state index in [1.54, 1.807) is 0 Å². The molecule has 4 heteroatoms. The Labute approximate surface area is 110 Å². The van der Waals surface area contributed by atoms with Crippen LogP contribution in [0.4, 0.5) is 0 Å². The van der Waals surface area contributed by atoms with Crippen LogP contribution in [0.5, 0.6) is 0 Å². The molecule has 0 spiro atoms. The number of hydrogen-bond donors (Lipinski definition) is 1. The van der Waals surface area contributed by atoms with E-state index < -0.39 is 0 Å². The minimum atomic E-state index is -0.254. The van der Waals surface area contributed by atoms with Crippen molar-refractivity contribution in [2.24, 2.45) is 11.8 Å². The van der Waals surface area contributed by atoms with E-state index in [-0.39, 0.29) is 24.4 Å². The van der Waals surface area contributed by atoms with Crippen molar-refractivity contribution in [2.75, 3.05) is 0 Å². The van der Waals surface area contributed by atoms with Crippen molar-refractivity contribution < 1.29 is 14.4 Å². The van der Waals surface area contributed by atoms with Gasteiger partial charge in [0.15, 0.2) is 0 Å². The Balaban J connectivity index is 1.74. The molecule has 3 unspecified atom stereocenters. The molecule has 1 saturated carbocycles. The maximum atomic E-state index is 9.66. The molecule has 0 radical (unpaired) electrons. The monoisotopic (exact) mass is 250 g/mol. The van der Waals surface area contributed by atoms with Crippen molar-refractivity contribution in [1.29, 1.82) is 0 Å². The molecule has 0 amide bonds. The smallest absolute Gasteiger partial charge is 0.400 e. The van der Waals surface area contributed by atoms with Crippen LogP contribution in [0, 0.1) is 11.8 Å². The first-order chi connectivity index (χ1) is 8.28. The minimum Gasteiger partial charge on any atom is -0.400 e. The standard InChI is InChI=1S/C14H23BO3/c1-13(2)14(3,4)18-15(17-13)11-5-9-7-12(16)8-10(9)6-11/h5,9-10,12,16H,6-8H2,1-4H3. The third-order valence-electron chi connectivity index (χ3n) is 5.21. The van der Waals surface area contributed by atoms with Gasteiger partial charge in [0, 0.05) is 0 Å². The van der Waals surface area contributed by atoms with Gasteiger partial charge in [-0.05, 0) is 64.3 Å². The van der Waals surface area contributed by atoms with Gasteiger partial charge < -0.3 is 14.4 Å². The van der Waals surface area contributed by atoms with E-state index in [9.17, 15) is 5.11 Å². The summed E-state index contributed by atoms with van der Waals surface area (Å²) in [7, 11) is -0.183. The lowest BCUT2D eigenvalue weighted by Gasteiger charge is -2.32. The molecule has 3 aliphatic rings. The lowest BCUT2D eigenvalue weighted by molar-refractivity contribution is 0.00578. The van der Waals surface area contributed by atoms with E-state index in [1.807, 2.05) is 0 Å². The summed E-state index contributed by atoms with van der Waals surface area (Å²) in [5.41, 5.74) is 0.779. The van der Waals surface area contributed by atoms with Crippen LogP contribution >= 0.6 is 0 Å². The van der Waals surface area contributed by atoms with Crippen LogP contribution in [0.2, 0.25) is 0 Å². The van der Waals surface area contributed by atoms with E-state index in [0.717, 1.165) is 19.3 Å². The van der Waals surface area contributed by atoms with E-state index in [0.29, 0.717) is 11.8 Å². The van der Waals surface area contributed by atoms with E-state index in [1.165, 1.54) is 5.47 Å². The first kappa shape index (κ1) is 12.7. The highest BCUT2D eigenvalue weighted by molar-refractivity contribution is 6.54. The molecular formula is C14H23BO3. The van der Waals surface area contributed by atoms with Crippen LogP contribution in [0.25, 0.3) is 0 Å². The Hall–Kier alpha value is -0.315. The second-order valence-corrected chi connectivity index (χ2v) is 7.08. The highest BCUT2D eigenvalue weighted by atomic mass is 16.7. The van der Waals surface area contributed by atoms with E-state index >= 15 is 0 Å². The van der Waals surface area contributed by atoms with Gasteiger partial charge in [-0.25, -0.2) is 0 Å². The third kappa shape index (κ3) is 1.86. The zero-order chi connectivity index (χ0) is 13.1. The molecule has 1 heterocycles. The van der Waals surface area contributed by atoms with Gasteiger partial charge in [-0.15, -0.1) is 0 Å². The fraction of sp³-hybridized carbons (Fsp3) is 0.857. The number of fused-ring (bicyclic) bond motifs is 1. The maximum Gasteiger partial charge on any atom is 0.490 e. The second-order valence-electron chi connectivity index (χ2n) is 7.08. The van der Waals surface area contributed by atoms with Crippen molar-refractivity contribution in [2.45, 2.75) is 64.3 Å². The number of aliphatic hydroxyl groups excluding tert-OH is 1. The average Bonchev–Trinajstić information content (AvgIpc) is 2.77. The van der Waals surface area contributed by atoms with Gasteiger partial charge in [0.1, 0.15) is 0 Å². The summed E-state index contributed by atoms with van der Waals surface area (Å²) in [5.74, 6) is 1.14. The summed E-state index contributed by atoms with van der Waals surface area (Å²) < 4.78 is 12.2. The summed E-state index contributed by atoms with van der Waals surface area (Å²) >= 11 is 0. The van der Waals surface area contributed by atoms with Crippen LogP contribution in [0.3, 0.4) is 0 Å². The molecular weight excluding hydrogens is 227 g/mol. The number of allylic oxidation sites excluding steroid dienone is 2. The third-order valence-corrected chi connectivity index (χ3v) is 5.21. The second kappa shape index (κ2) is 3.84. The molecule has 18 heavy (non-hydrogen) atoms. The summed E-state index contributed by atoms with van der Waals surface area (Å²) in [5, 5.41) is 9.66. The highest BCUT2D eigenvalue weighted by Crippen LogP contribution is 2.47. The Kier molecular flexibility index (Phi) is 2.71. The molecule has 0 aromatic heterocycles. The van der Waals surface area contributed by atoms with Crippen LogP contribution in [-0.2, 0) is 9.31 Å². The zero-order valence-electron chi connectivity index (χ0n) is 11.8. The summed E-state index contributed by atoms with van der Waals surface area (Å²) in [6.07, 6.45) is 5.07. The average molecular weight is 250 g/mol. The van der Waals surface area contributed by atoms with Crippen molar-refractivity contribution in [3.8, 4) is 0 Å². The van der Waals surface area contributed by atoms with E-state index in [4.69, 9.17) is 9.31 Å². The molecule has 1 aliphatic heterocycles. The predicted octanol–water partition coefficient (Wildman–Crippen LogP) is 2.33. The summed E-state index contributed by atoms with van der Waals surface area (Å²) in [4.78, 5) is 0. The lowest BCUT2D eigenvalue weighted by atomic mass is 9.76. The number of hydrogen-bond acceptors (Lipinski definition) is 3. The van der Waals surface area contributed by atoms with Gasteiger partial charge in [-0.3, -0.25) is 0 Å². The molecule has 0 aromatic rings. The first-order valence-electron chi connectivity index (χ1n) is 7.03. The zero-order valence-corrected chi connectivity index (χ0v) is 11.8.